The Morgan fingerprint density at radius 2 is 1.58 bits per heavy atom. The molecule has 3 fully saturated rings. The predicted molar refractivity (Wildman–Crippen MR) is 213 cm³/mol. The number of rotatable bonds is 17. The van der Waals surface area contributed by atoms with Crippen LogP contribution in [0.1, 0.15) is 28.8 Å². The molecule has 0 unspecified atom stereocenters. The first-order chi connectivity index (χ1) is 30.1. The SMILES string of the molecule is O=C(O)N[C@H]1[C@H]([C@H](O)[C@H](O)CNC(=O)c2ccc(Cl)cc2)O[C@@](O[C@H]2[C@@H](O)[C@@H](CO)O[C@@H](O[C@@H]3CCO[C@H](COCc4ccc(-c5ccccc5)cc4)[C@@H]3O)[C@@H]2O)(C(=O)[O-])C[C@@H]1O.[Na+]. The van der Waals surface area contributed by atoms with Gasteiger partial charge in [-0.15, -0.1) is 0 Å². The smallest absolute Gasteiger partial charge is 0.544 e. The van der Waals surface area contributed by atoms with Gasteiger partial charge in [0.25, 0.3) is 5.91 Å². The monoisotopic (exact) mass is 928 g/mol. The minimum Gasteiger partial charge on any atom is -0.544 e. The number of hydrogen-bond acceptors (Lipinski definition) is 17. The van der Waals surface area contributed by atoms with Gasteiger partial charge in [-0.2, -0.15) is 0 Å². The molecule has 3 saturated heterocycles. The van der Waals surface area contributed by atoms with Gasteiger partial charge in [0, 0.05) is 30.2 Å². The van der Waals surface area contributed by atoms with Crippen molar-refractivity contribution in [3.8, 4) is 11.1 Å². The Labute approximate surface area is 393 Å². The zero-order valence-corrected chi connectivity index (χ0v) is 37.3. The van der Waals surface area contributed by atoms with Crippen molar-refractivity contribution in [2.24, 2.45) is 0 Å². The predicted octanol–water partition coefficient (Wildman–Crippen LogP) is -4.73. The van der Waals surface area contributed by atoms with Crippen LogP contribution < -0.4 is 45.3 Å². The van der Waals surface area contributed by atoms with Crippen LogP contribution in [0.15, 0.2) is 78.9 Å². The quantitative estimate of drug-likeness (QED) is 0.0569. The number of nitrogens with one attached hydrogen (secondary N) is 2. The number of carboxylic acid groups (broad SMARTS) is 2. The third-order valence-electron chi connectivity index (χ3n) is 11.0. The molecule has 10 N–H and O–H groups in total. The number of halogens is 1. The fourth-order valence-electron chi connectivity index (χ4n) is 7.61. The number of carbonyl (C=O) groups is 3. The zero-order chi connectivity index (χ0) is 45.4. The van der Waals surface area contributed by atoms with E-state index in [2.05, 4.69) is 5.32 Å². The van der Waals surface area contributed by atoms with Crippen LogP contribution in [0.4, 0.5) is 4.79 Å². The van der Waals surface area contributed by atoms with Crippen molar-refractivity contribution in [2.45, 2.75) is 105 Å². The molecular weight excluding hydrogens is 879 g/mol. The van der Waals surface area contributed by atoms with E-state index in [1.54, 1.807) is 0 Å². The Morgan fingerprint density at radius 3 is 2.22 bits per heavy atom. The van der Waals surface area contributed by atoms with E-state index in [1.807, 2.05) is 59.9 Å². The Kier molecular flexibility index (Phi) is 18.9. The van der Waals surface area contributed by atoms with Gasteiger partial charge in [0.2, 0.25) is 5.79 Å². The van der Waals surface area contributed by atoms with Crippen LogP contribution in [-0.4, -0.2) is 170 Å². The third kappa shape index (κ3) is 12.5. The number of aliphatic hydroxyl groups is 7. The van der Waals surface area contributed by atoms with E-state index >= 15 is 0 Å². The van der Waals surface area contributed by atoms with Crippen molar-refractivity contribution in [1.29, 1.82) is 0 Å². The fourth-order valence-corrected chi connectivity index (χ4v) is 7.74. The van der Waals surface area contributed by atoms with Gasteiger partial charge in [0.1, 0.15) is 54.8 Å². The van der Waals surface area contributed by atoms with Crippen LogP contribution in [0, 0.1) is 0 Å². The minimum absolute atomic E-state index is 0. The van der Waals surface area contributed by atoms with Gasteiger partial charge in [0.05, 0.1) is 44.2 Å². The van der Waals surface area contributed by atoms with E-state index in [9.17, 15) is 60.3 Å². The van der Waals surface area contributed by atoms with Crippen molar-refractivity contribution < 1.29 is 118 Å². The summed E-state index contributed by atoms with van der Waals surface area (Å²) < 4.78 is 34.5. The van der Waals surface area contributed by atoms with Crippen LogP contribution in [0.3, 0.4) is 0 Å². The van der Waals surface area contributed by atoms with Gasteiger partial charge in [-0.3, -0.25) is 4.79 Å². The molecule has 3 heterocycles. The van der Waals surface area contributed by atoms with E-state index in [-0.39, 0.29) is 61.4 Å². The summed E-state index contributed by atoms with van der Waals surface area (Å²) in [6.07, 6.45) is -24.2. The van der Waals surface area contributed by atoms with Gasteiger partial charge >= 0.3 is 35.7 Å². The van der Waals surface area contributed by atoms with Crippen LogP contribution in [0.2, 0.25) is 5.02 Å². The number of carboxylic acids is 1. The van der Waals surface area contributed by atoms with Gasteiger partial charge in [-0.25, -0.2) is 4.79 Å². The molecule has 3 aliphatic heterocycles. The molecule has 64 heavy (non-hydrogen) atoms. The Morgan fingerprint density at radius 1 is 0.906 bits per heavy atom. The number of carbonyl (C=O) groups excluding carboxylic acids is 2. The number of aliphatic hydroxyl groups excluding tert-OH is 7. The number of ether oxygens (including phenoxy) is 6. The Balaban J connectivity index is 0.00000771. The average molecular weight is 929 g/mol. The van der Waals surface area contributed by atoms with Crippen molar-refractivity contribution in [3.63, 3.8) is 0 Å². The maximum Gasteiger partial charge on any atom is 1.00 e. The van der Waals surface area contributed by atoms with Crippen molar-refractivity contribution in [1.82, 2.24) is 10.6 Å². The van der Waals surface area contributed by atoms with Crippen LogP contribution in [-0.2, 0) is 39.8 Å². The molecule has 0 spiro atoms. The van der Waals surface area contributed by atoms with E-state index in [1.165, 1.54) is 24.3 Å². The molecule has 0 saturated carbocycles. The summed E-state index contributed by atoms with van der Waals surface area (Å²) in [5.41, 5.74) is 3.06. The molecule has 344 valence electrons. The maximum absolute atomic E-state index is 12.9. The molecule has 3 aliphatic rings. The van der Waals surface area contributed by atoms with Crippen LogP contribution in [0.25, 0.3) is 11.1 Å². The largest absolute Gasteiger partial charge is 1.00 e. The molecule has 0 aliphatic carbocycles. The molecule has 2 amide bonds. The second-order valence-electron chi connectivity index (χ2n) is 15.4. The first-order valence-corrected chi connectivity index (χ1v) is 20.4. The molecule has 0 aromatic heterocycles. The normalized spacial score (nSPS) is 31.5. The minimum atomic E-state index is -3.19. The third-order valence-corrected chi connectivity index (χ3v) is 11.3. The topological polar surface area (TPSA) is 316 Å². The molecule has 20 nitrogen and oxygen atoms in total. The van der Waals surface area contributed by atoms with E-state index in [0.29, 0.717) is 5.02 Å². The number of benzene rings is 3. The van der Waals surface area contributed by atoms with E-state index < -0.39 is 123 Å². The molecule has 14 atom stereocenters. The Bertz CT molecular complexity index is 1970. The molecule has 0 radical (unpaired) electrons. The first kappa shape index (κ1) is 51.6. The summed E-state index contributed by atoms with van der Waals surface area (Å²) in [7, 11) is 0. The van der Waals surface area contributed by atoms with E-state index in [4.69, 9.17) is 40.0 Å². The van der Waals surface area contributed by atoms with Crippen molar-refractivity contribution in [3.05, 3.63) is 95.0 Å². The summed E-state index contributed by atoms with van der Waals surface area (Å²) >= 11 is 5.86. The Hall–Kier alpha value is -3.36. The molecular formula is C42H50ClN2NaO18. The number of aliphatic carboxylic acids is 1. The molecule has 22 heteroatoms. The van der Waals surface area contributed by atoms with Gasteiger partial charge in [0.15, 0.2) is 6.29 Å². The summed E-state index contributed by atoms with van der Waals surface area (Å²) in [4.78, 5) is 37.3. The average Bonchev–Trinajstić information content (AvgIpc) is 3.27. The standard InChI is InChI=1S/C42H51ClN2O18.Na/c43-25-12-10-24(11-13-25)38(53)44-17-27(48)32(49)36-31(45-41(56)57)26(47)16-42(62-36,40(54)55)63-37-34(51)29(18-46)61-39(35(37)52)60-28-14-15-59-30(33(28)50)20-58-19-21-6-8-23(9-7-21)22-4-2-1-3-5-22;/h1-13,26-37,39,45-52H,14-20H2,(H,44,53)(H,54,55)(H,56,57);/q;+1/p-1/t26-,27+,28+,29+,30+,31+,32+,33+,34-,35+,36+,37-,39+,42-;/m0./s1. The van der Waals surface area contributed by atoms with E-state index in [0.717, 1.165) is 16.7 Å². The molecule has 0 bridgehead atoms. The molecule has 6 rings (SSSR count). The van der Waals surface area contributed by atoms with Crippen molar-refractivity contribution in [2.75, 3.05) is 26.4 Å². The van der Waals surface area contributed by atoms with Crippen LogP contribution in [0.5, 0.6) is 0 Å². The molecule has 3 aromatic rings. The first-order valence-electron chi connectivity index (χ1n) is 20.0. The summed E-state index contributed by atoms with van der Waals surface area (Å²) in [5, 5.41) is 104. The maximum atomic E-state index is 12.9. The number of amides is 2. The fraction of sp³-hybridized carbons (Fsp3) is 0.500. The second-order valence-corrected chi connectivity index (χ2v) is 15.8. The van der Waals surface area contributed by atoms with Crippen molar-refractivity contribution >= 4 is 29.6 Å². The summed E-state index contributed by atoms with van der Waals surface area (Å²) in [6.45, 7) is -1.42. The number of hydrogen-bond donors (Lipinski definition) is 10. The van der Waals surface area contributed by atoms with Gasteiger partial charge in [-0.1, -0.05) is 66.2 Å². The zero-order valence-electron chi connectivity index (χ0n) is 34.5. The van der Waals surface area contributed by atoms with Crippen LogP contribution >= 0.6 is 11.6 Å². The van der Waals surface area contributed by atoms with Gasteiger partial charge in [-0.05, 0) is 47.4 Å². The summed E-state index contributed by atoms with van der Waals surface area (Å²) in [5.74, 6) is -6.13. The second kappa shape index (κ2) is 23.4. The van der Waals surface area contributed by atoms with Gasteiger partial charge < -0.3 is 89.8 Å². The molecule has 3 aromatic carbocycles. The summed E-state index contributed by atoms with van der Waals surface area (Å²) in [6, 6.07) is 21.3.